The van der Waals surface area contributed by atoms with Crippen LogP contribution in [0.25, 0.3) is 0 Å². The smallest absolute Gasteiger partial charge is 0.324 e. The molecular formula is C28H33FN4O4S. The Balaban J connectivity index is 1.29. The number of benzene rings is 3. The summed E-state index contributed by atoms with van der Waals surface area (Å²) < 4.78 is 41.0. The lowest BCUT2D eigenvalue weighted by molar-refractivity contribution is 0.156. The quantitative estimate of drug-likeness (QED) is 0.336. The fourth-order valence-electron chi connectivity index (χ4n) is 4.27. The van der Waals surface area contributed by atoms with E-state index in [-0.39, 0.29) is 28.8 Å². The van der Waals surface area contributed by atoms with Gasteiger partial charge in [-0.05, 0) is 74.4 Å². The number of hydrogen-bond acceptors (Lipinski definition) is 5. The number of nitrogens with zero attached hydrogens (tertiary/aromatic N) is 2. The Morgan fingerprint density at radius 3 is 2.42 bits per heavy atom. The molecule has 2 amide bonds. The van der Waals surface area contributed by atoms with Gasteiger partial charge in [0.25, 0.3) is 10.0 Å². The molecule has 1 aliphatic heterocycles. The summed E-state index contributed by atoms with van der Waals surface area (Å²) in [4.78, 5) is 16.4. The van der Waals surface area contributed by atoms with Crippen molar-refractivity contribution in [1.29, 1.82) is 0 Å². The lowest BCUT2D eigenvalue weighted by Crippen LogP contribution is -2.44. The topological polar surface area (TPSA) is 102 Å². The summed E-state index contributed by atoms with van der Waals surface area (Å²) in [6.07, 6.45) is -0.211. The summed E-state index contributed by atoms with van der Waals surface area (Å²) in [5, 5.41) is 14.1. The van der Waals surface area contributed by atoms with Gasteiger partial charge in [0.1, 0.15) is 5.82 Å². The maximum atomic E-state index is 13.2. The summed E-state index contributed by atoms with van der Waals surface area (Å²) >= 11 is 0. The molecule has 202 valence electrons. The number of urea groups is 1. The molecule has 3 aromatic rings. The van der Waals surface area contributed by atoms with Crippen LogP contribution in [0.3, 0.4) is 0 Å². The van der Waals surface area contributed by atoms with E-state index < -0.39 is 16.1 Å². The molecule has 3 N–H and O–H groups in total. The van der Waals surface area contributed by atoms with Crippen LogP contribution in [-0.2, 0) is 10.0 Å². The minimum atomic E-state index is -3.73. The molecule has 0 saturated carbocycles. The molecule has 8 nitrogen and oxygen atoms in total. The van der Waals surface area contributed by atoms with Gasteiger partial charge in [-0.15, -0.1) is 0 Å². The van der Waals surface area contributed by atoms with E-state index >= 15 is 0 Å². The highest BCUT2D eigenvalue weighted by atomic mass is 32.2. The first-order chi connectivity index (χ1) is 18.0. The van der Waals surface area contributed by atoms with E-state index in [1.54, 1.807) is 64.4 Å². The van der Waals surface area contributed by atoms with E-state index in [0.29, 0.717) is 43.0 Å². The number of carbonyl (C=O) groups is 1. The second-order valence-corrected chi connectivity index (χ2v) is 11.7. The summed E-state index contributed by atoms with van der Waals surface area (Å²) in [5.41, 5.74) is 1.23. The van der Waals surface area contributed by atoms with Crippen molar-refractivity contribution >= 4 is 27.4 Å². The number of β-amino-alcohol motifs (C(OH)–C–C–N with tert-alkyl or cyclic N) is 1. The Kier molecular flexibility index (Phi) is 8.35. The standard InChI is InChI=1S/C28H33FN4O4S/c1-28(2,15-16-32-17-18-33(27(32)35)24-13-11-22(29)12-14-24)30-20-26(34)21-7-6-8-23(19-21)31-38(36,37)25-9-4-3-5-10-25/h3-14,19,26,30-31,34H,15-18,20H2,1-2H3. The van der Waals surface area contributed by atoms with Crippen LogP contribution < -0.4 is 14.9 Å². The highest BCUT2D eigenvalue weighted by molar-refractivity contribution is 7.92. The van der Waals surface area contributed by atoms with Gasteiger partial charge in [-0.3, -0.25) is 9.62 Å². The van der Waals surface area contributed by atoms with Crippen LogP contribution in [0.4, 0.5) is 20.6 Å². The normalized spacial score (nSPS) is 15.1. The zero-order valence-corrected chi connectivity index (χ0v) is 22.3. The first-order valence-corrected chi connectivity index (χ1v) is 14.0. The summed E-state index contributed by atoms with van der Waals surface area (Å²) in [7, 11) is -3.73. The number of sulfonamides is 1. The van der Waals surface area contributed by atoms with Crippen molar-refractivity contribution in [2.24, 2.45) is 0 Å². The zero-order valence-electron chi connectivity index (χ0n) is 21.5. The van der Waals surface area contributed by atoms with Gasteiger partial charge in [0.15, 0.2) is 0 Å². The summed E-state index contributed by atoms with van der Waals surface area (Å²) in [6.45, 7) is 5.91. The molecule has 0 spiro atoms. The van der Waals surface area contributed by atoms with Crippen LogP contribution in [0.5, 0.6) is 0 Å². The number of rotatable bonds is 11. The third kappa shape index (κ3) is 6.89. The first-order valence-electron chi connectivity index (χ1n) is 12.5. The molecule has 10 heteroatoms. The number of carbonyl (C=O) groups excluding carboxylic acids is 1. The number of halogens is 1. The van der Waals surface area contributed by atoms with Crippen LogP contribution in [0.2, 0.25) is 0 Å². The van der Waals surface area contributed by atoms with Crippen molar-refractivity contribution in [2.75, 3.05) is 35.8 Å². The van der Waals surface area contributed by atoms with Crippen molar-refractivity contribution in [1.82, 2.24) is 10.2 Å². The molecule has 1 saturated heterocycles. The van der Waals surface area contributed by atoms with Crippen molar-refractivity contribution in [2.45, 2.75) is 36.8 Å². The zero-order chi connectivity index (χ0) is 27.3. The summed E-state index contributed by atoms with van der Waals surface area (Å²) in [6, 6.07) is 20.6. The second kappa shape index (κ2) is 11.5. The molecule has 1 fully saturated rings. The van der Waals surface area contributed by atoms with E-state index in [1.165, 1.54) is 24.3 Å². The highest BCUT2D eigenvalue weighted by Crippen LogP contribution is 2.23. The van der Waals surface area contributed by atoms with Crippen molar-refractivity contribution in [3.8, 4) is 0 Å². The number of amides is 2. The van der Waals surface area contributed by atoms with E-state index in [0.717, 1.165) is 0 Å². The predicted molar refractivity (Wildman–Crippen MR) is 146 cm³/mol. The van der Waals surface area contributed by atoms with Crippen molar-refractivity contribution in [3.05, 3.63) is 90.2 Å². The van der Waals surface area contributed by atoms with E-state index in [1.807, 2.05) is 13.8 Å². The molecule has 0 radical (unpaired) electrons. The molecule has 4 rings (SSSR count). The number of nitrogens with one attached hydrogen (secondary N) is 2. The van der Waals surface area contributed by atoms with Crippen LogP contribution >= 0.6 is 0 Å². The molecule has 38 heavy (non-hydrogen) atoms. The first kappa shape index (κ1) is 27.6. The van der Waals surface area contributed by atoms with Gasteiger partial charge < -0.3 is 15.3 Å². The van der Waals surface area contributed by atoms with Gasteiger partial charge in [-0.25, -0.2) is 17.6 Å². The van der Waals surface area contributed by atoms with Gasteiger partial charge in [-0.2, -0.15) is 0 Å². The van der Waals surface area contributed by atoms with E-state index in [2.05, 4.69) is 10.0 Å². The Labute approximate surface area is 223 Å². The van der Waals surface area contributed by atoms with Gasteiger partial charge in [-0.1, -0.05) is 30.3 Å². The van der Waals surface area contributed by atoms with Gasteiger partial charge >= 0.3 is 6.03 Å². The minimum absolute atomic E-state index is 0.109. The van der Waals surface area contributed by atoms with Gasteiger partial charge in [0, 0.05) is 43.1 Å². The molecule has 3 aromatic carbocycles. The molecule has 0 aromatic heterocycles. The Morgan fingerprint density at radius 1 is 1.00 bits per heavy atom. The fraction of sp³-hybridized carbons (Fsp3) is 0.321. The summed E-state index contributed by atoms with van der Waals surface area (Å²) in [5.74, 6) is -0.340. The average Bonchev–Trinajstić information content (AvgIpc) is 3.27. The molecule has 0 aliphatic carbocycles. The molecule has 0 bridgehead atoms. The van der Waals surface area contributed by atoms with Crippen LogP contribution in [-0.4, -0.2) is 56.2 Å². The van der Waals surface area contributed by atoms with Gasteiger partial charge in [0.2, 0.25) is 0 Å². The van der Waals surface area contributed by atoms with Crippen molar-refractivity contribution in [3.63, 3.8) is 0 Å². The Morgan fingerprint density at radius 2 is 1.71 bits per heavy atom. The van der Waals surface area contributed by atoms with Crippen LogP contribution in [0.1, 0.15) is 31.9 Å². The third-order valence-electron chi connectivity index (χ3n) is 6.59. The molecular weight excluding hydrogens is 507 g/mol. The maximum absolute atomic E-state index is 13.2. The lowest BCUT2D eigenvalue weighted by Gasteiger charge is -2.30. The SMILES string of the molecule is CC(C)(CCN1CCN(c2ccc(F)cc2)C1=O)NCC(O)c1cccc(NS(=O)(=O)c2ccccc2)c1. The van der Waals surface area contributed by atoms with Gasteiger partial charge in [0.05, 0.1) is 11.0 Å². The van der Waals surface area contributed by atoms with E-state index in [4.69, 9.17) is 0 Å². The molecule has 1 aliphatic rings. The maximum Gasteiger partial charge on any atom is 0.324 e. The minimum Gasteiger partial charge on any atom is -0.387 e. The Bertz CT molecular complexity index is 1350. The number of aliphatic hydroxyl groups excluding tert-OH is 1. The number of aliphatic hydroxyl groups is 1. The number of anilines is 2. The Hall–Kier alpha value is -3.47. The van der Waals surface area contributed by atoms with Crippen LogP contribution in [0, 0.1) is 5.82 Å². The molecule has 1 heterocycles. The third-order valence-corrected chi connectivity index (χ3v) is 7.99. The van der Waals surface area contributed by atoms with Crippen molar-refractivity contribution < 1.29 is 22.7 Å². The largest absolute Gasteiger partial charge is 0.387 e. The van der Waals surface area contributed by atoms with E-state index in [9.17, 15) is 22.7 Å². The average molecular weight is 541 g/mol. The molecule has 1 unspecified atom stereocenters. The van der Waals surface area contributed by atoms with Crippen LogP contribution in [0.15, 0.2) is 83.8 Å². The highest BCUT2D eigenvalue weighted by Gasteiger charge is 2.31. The lowest BCUT2D eigenvalue weighted by atomic mass is 9.99. The fourth-order valence-corrected chi connectivity index (χ4v) is 5.34. The second-order valence-electron chi connectivity index (χ2n) is 9.97. The monoisotopic (exact) mass is 540 g/mol. The number of hydrogen-bond donors (Lipinski definition) is 3. The predicted octanol–water partition coefficient (Wildman–Crippen LogP) is 4.36. The molecule has 1 atom stereocenters.